The van der Waals surface area contributed by atoms with Crippen LogP contribution in [0.2, 0.25) is 5.02 Å². The third-order valence-corrected chi connectivity index (χ3v) is 13.0. The van der Waals surface area contributed by atoms with Crippen molar-refractivity contribution in [1.29, 1.82) is 0 Å². The van der Waals surface area contributed by atoms with Gasteiger partial charge in [0.05, 0.1) is 30.6 Å². The van der Waals surface area contributed by atoms with Crippen LogP contribution in [0.15, 0.2) is 48.7 Å². The Morgan fingerprint density at radius 2 is 1.41 bits per heavy atom. The molecule has 4 aromatic rings. The summed E-state index contributed by atoms with van der Waals surface area (Å²) >= 11 is 7.12. The fourth-order valence-corrected chi connectivity index (χ4v) is 10.1. The van der Waals surface area contributed by atoms with Gasteiger partial charge in [-0.05, 0) is 42.2 Å². The Hall–Kier alpha value is -4.99. The van der Waals surface area contributed by atoms with E-state index >= 15 is 0 Å². The topological polar surface area (TPSA) is 113 Å². The van der Waals surface area contributed by atoms with E-state index in [1.807, 2.05) is 40.1 Å². The summed E-state index contributed by atoms with van der Waals surface area (Å²) in [5, 5.41) is 0.389. The summed E-state index contributed by atoms with van der Waals surface area (Å²) in [4.78, 5) is 45.2. The molecular formula is C43H45ClF3N7O5. The van der Waals surface area contributed by atoms with Crippen molar-refractivity contribution < 1.29 is 37.0 Å². The summed E-state index contributed by atoms with van der Waals surface area (Å²) < 4.78 is 61.3. The minimum Gasteiger partial charge on any atom is -0.481 e. The first-order chi connectivity index (χ1) is 28.2. The predicted molar refractivity (Wildman–Crippen MR) is 212 cm³/mol. The Balaban J connectivity index is 0.922. The molecule has 2 amide bonds. The highest BCUT2D eigenvalue weighted by atomic mass is 35.5. The van der Waals surface area contributed by atoms with Gasteiger partial charge < -0.3 is 24.0 Å². The van der Waals surface area contributed by atoms with Gasteiger partial charge in [0, 0.05) is 119 Å². The number of ether oxygens (including phenoxy) is 3. The van der Waals surface area contributed by atoms with Crippen molar-refractivity contribution >= 4 is 23.4 Å². The van der Waals surface area contributed by atoms with Gasteiger partial charge in [-0.1, -0.05) is 35.9 Å². The van der Waals surface area contributed by atoms with Crippen LogP contribution < -0.4 is 14.2 Å². The number of hydrogen-bond acceptors (Lipinski definition) is 10. The fourth-order valence-electron chi connectivity index (χ4n) is 9.83. The van der Waals surface area contributed by atoms with E-state index in [0.29, 0.717) is 79.0 Å². The number of amides is 2. The molecule has 0 saturated carbocycles. The Bertz CT molecular complexity index is 2330. The van der Waals surface area contributed by atoms with Crippen LogP contribution >= 0.6 is 11.6 Å². The molecule has 4 saturated heterocycles. The lowest BCUT2D eigenvalue weighted by atomic mass is 9.72. The van der Waals surface area contributed by atoms with Crippen LogP contribution in [0.1, 0.15) is 54.2 Å². The summed E-state index contributed by atoms with van der Waals surface area (Å²) in [6.45, 7) is 10.2. The molecule has 0 radical (unpaired) electrons. The number of aromatic nitrogens is 3. The highest BCUT2D eigenvalue weighted by molar-refractivity contribution is 6.35. The quantitative estimate of drug-likeness (QED) is 0.181. The Labute approximate surface area is 345 Å². The summed E-state index contributed by atoms with van der Waals surface area (Å²) in [5.74, 6) is 0.196. The largest absolute Gasteiger partial charge is 0.481 e. The molecular weight excluding hydrogens is 787 g/mol. The molecule has 1 aromatic carbocycles. The van der Waals surface area contributed by atoms with E-state index in [2.05, 4.69) is 14.9 Å². The smallest absolute Gasteiger partial charge is 0.421 e. The molecule has 1 aliphatic carbocycles. The Morgan fingerprint density at radius 3 is 2.00 bits per heavy atom. The van der Waals surface area contributed by atoms with Crippen LogP contribution in [0.3, 0.4) is 0 Å². The number of rotatable bonds is 10. The maximum atomic E-state index is 14.6. The number of hydrogen-bond donors (Lipinski definition) is 0. The number of pyridine rings is 3. The van der Waals surface area contributed by atoms with E-state index < -0.39 is 23.7 Å². The first-order valence-corrected chi connectivity index (χ1v) is 20.1. The average Bonchev–Trinajstić information content (AvgIpc) is 3.54. The third-order valence-electron chi connectivity index (χ3n) is 12.6. The van der Waals surface area contributed by atoms with Gasteiger partial charge >= 0.3 is 6.18 Å². The molecule has 7 heterocycles. The van der Waals surface area contributed by atoms with Crippen molar-refractivity contribution in [2.75, 3.05) is 66.6 Å². The van der Waals surface area contributed by atoms with E-state index in [1.54, 1.807) is 38.1 Å². The Kier molecular flexibility index (Phi) is 9.79. The normalized spacial score (nSPS) is 20.4. The van der Waals surface area contributed by atoms with E-state index in [4.69, 9.17) is 30.8 Å². The van der Waals surface area contributed by atoms with E-state index in [9.17, 15) is 22.8 Å². The van der Waals surface area contributed by atoms with Crippen LogP contribution in [0.25, 0.3) is 22.5 Å². The first-order valence-electron chi connectivity index (χ1n) is 19.8. The fraction of sp³-hybridized carbons (Fsp3) is 0.465. The van der Waals surface area contributed by atoms with Gasteiger partial charge in [0.2, 0.25) is 29.5 Å². The van der Waals surface area contributed by atoms with Gasteiger partial charge in [-0.3, -0.25) is 24.4 Å². The molecule has 9 rings (SSSR count). The lowest BCUT2D eigenvalue weighted by Gasteiger charge is -2.60. The second-order valence-corrected chi connectivity index (χ2v) is 17.3. The molecule has 16 heteroatoms. The number of nitrogens with zero attached hydrogens (tertiary/aromatic N) is 7. The predicted octanol–water partition coefficient (Wildman–Crippen LogP) is 6.29. The molecule has 3 aromatic heterocycles. The van der Waals surface area contributed by atoms with Crippen LogP contribution in [-0.2, 0) is 35.3 Å². The second kappa shape index (κ2) is 14.6. The van der Waals surface area contributed by atoms with Gasteiger partial charge in [-0.15, -0.1) is 0 Å². The van der Waals surface area contributed by atoms with Crippen molar-refractivity contribution in [3.05, 3.63) is 81.5 Å². The second-order valence-electron chi connectivity index (χ2n) is 17.0. The number of carbonyl (C=O) groups excluding carboxylic acids is 2. The van der Waals surface area contributed by atoms with E-state index in [1.165, 1.54) is 7.11 Å². The van der Waals surface area contributed by atoms with Crippen LogP contribution in [0.5, 0.6) is 17.6 Å². The molecule has 5 aliphatic rings. The number of halogens is 4. The number of methoxy groups -OCH3 is 2. The van der Waals surface area contributed by atoms with Crippen molar-refractivity contribution in [3.8, 4) is 40.2 Å². The van der Waals surface area contributed by atoms with E-state index in [-0.39, 0.29) is 35.1 Å². The first kappa shape index (κ1) is 39.5. The molecule has 0 unspecified atom stereocenters. The van der Waals surface area contributed by atoms with Crippen molar-refractivity contribution in [2.24, 2.45) is 10.8 Å². The lowest BCUT2D eigenvalue weighted by Crippen LogP contribution is -2.72. The van der Waals surface area contributed by atoms with E-state index in [0.717, 1.165) is 54.5 Å². The molecule has 2 spiro atoms. The number of carbonyl (C=O) groups is 2. The SMILES string of the molecule is COc1nc(-c2ccnc(-c3cccc4c3CC[C@@H]4Oc3nc(OC)c(CN4CC5(C4)CN(C(C)=O)C5)cc3C(F)(F)F)c2Cl)ccc1CN1CC2(C1)CN(C(C)=O)C2. The van der Waals surface area contributed by atoms with Crippen molar-refractivity contribution in [1.82, 2.24) is 34.6 Å². The summed E-state index contributed by atoms with van der Waals surface area (Å²) in [7, 11) is 2.98. The Morgan fingerprint density at radius 1 is 0.797 bits per heavy atom. The maximum Gasteiger partial charge on any atom is 0.421 e. The van der Waals surface area contributed by atoms with Crippen molar-refractivity contribution in [3.63, 3.8) is 0 Å². The summed E-state index contributed by atoms with van der Waals surface area (Å²) in [6, 6.07) is 12.4. The average molecular weight is 832 g/mol. The monoisotopic (exact) mass is 831 g/mol. The van der Waals surface area contributed by atoms with Gasteiger partial charge in [0.1, 0.15) is 11.7 Å². The zero-order valence-electron chi connectivity index (χ0n) is 33.4. The molecule has 1 atom stereocenters. The standard InChI is InChI=1S/C43H45ClF3N7O5/c1-25(55)53-21-41(22-53)17-51(18-41)15-27-8-10-34(49-38(27)57-3)32-12-13-48-37(36(32)44)31-7-5-6-30-29(31)9-11-35(30)59-40-33(43(45,46)47)14-28(39(50-40)58-4)16-52-19-42(20-52)23-54(24-42)26(2)56/h5-8,10,12-14,35H,9,11,15-24H2,1-4H3/t35-/m0/s1. The molecule has 12 nitrogen and oxygen atoms in total. The summed E-state index contributed by atoms with van der Waals surface area (Å²) in [5.41, 5.74) is 4.70. The van der Waals surface area contributed by atoms with Gasteiger partial charge in [0.25, 0.3) is 0 Å². The third kappa shape index (κ3) is 7.14. The lowest BCUT2D eigenvalue weighted by molar-refractivity contribution is -0.158. The molecule has 4 aliphatic heterocycles. The van der Waals surface area contributed by atoms with Crippen LogP contribution in [-0.4, -0.2) is 113 Å². The number of benzene rings is 1. The molecule has 4 fully saturated rings. The molecule has 310 valence electrons. The highest BCUT2D eigenvalue weighted by Gasteiger charge is 2.53. The number of likely N-dealkylation sites (tertiary alicyclic amines) is 4. The maximum absolute atomic E-state index is 14.6. The zero-order valence-corrected chi connectivity index (χ0v) is 34.1. The zero-order chi connectivity index (χ0) is 41.4. The molecule has 0 bridgehead atoms. The number of alkyl halides is 3. The highest BCUT2D eigenvalue weighted by Crippen LogP contribution is 2.47. The van der Waals surface area contributed by atoms with Gasteiger partial charge in [-0.25, -0.2) is 4.98 Å². The summed E-state index contributed by atoms with van der Waals surface area (Å²) in [6.07, 6.45) is -2.81. The van der Waals surface area contributed by atoms with Crippen LogP contribution in [0.4, 0.5) is 13.2 Å². The van der Waals surface area contributed by atoms with Gasteiger partial charge in [-0.2, -0.15) is 18.2 Å². The minimum absolute atomic E-state index is 0.00486. The minimum atomic E-state index is -4.72. The van der Waals surface area contributed by atoms with Gasteiger partial charge in [0.15, 0.2) is 0 Å². The molecule has 0 N–H and O–H groups in total. The van der Waals surface area contributed by atoms with Crippen molar-refractivity contribution in [2.45, 2.75) is 52.1 Å². The van der Waals surface area contributed by atoms with Crippen LogP contribution in [0, 0.1) is 10.8 Å². The molecule has 59 heavy (non-hydrogen) atoms. The number of fused-ring (bicyclic) bond motifs is 1.